The molecule has 0 bridgehead atoms. The Morgan fingerprint density at radius 3 is 2.60 bits per heavy atom. The van der Waals surface area contributed by atoms with Gasteiger partial charge in [0.2, 0.25) is 0 Å². The summed E-state index contributed by atoms with van der Waals surface area (Å²) in [6, 6.07) is 4.34. The van der Waals surface area contributed by atoms with Gasteiger partial charge in [-0.3, -0.25) is 4.79 Å². The van der Waals surface area contributed by atoms with Gasteiger partial charge >= 0.3 is 5.97 Å². The first-order valence-corrected chi connectivity index (χ1v) is 7.27. The maximum Gasteiger partial charge on any atom is 0.305 e. The van der Waals surface area contributed by atoms with Crippen molar-refractivity contribution in [3.8, 4) is 0 Å². The van der Waals surface area contributed by atoms with Crippen LogP contribution in [-0.2, 0) is 4.79 Å². The Labute approximate surface area is 120 Å². The second-order valence-electron chi connectivity index (χ2n) is 5.50. The van der Waals surface area contributed by atoms with Crippen molar-refractivity contribution >= 4 is 17.5 Å². The Morgan fingerprint density at radius 1 is 1.40 bits per heavy atom. The third kappa shape index (κ3) is 3.62. The quantitative estimate of drug-likeness (QED) is 0.865. The fourth-order valence-electron chi connectivity index (χ4n) is 2.58. The third-order valence-electron chi connectivity index (χ3n) is 3.68. The number of pyridine rings is 1. The van der Waals surface area contributed by atoms with E-state index < -0.39 is 5.97 Å². The van der Waals surface area contributed by atoms with Gasteiger partial charge in [-0.05, 0) is 38.8 Å². The van der Waals surface area contributed by atoms with Gasteiger partial charge < -0.3 is 14.9 Å². The number of carboxylic acids is 1. The molecule has 2 heterocycles. The Kier molecular flexibility index (Phi) is 4.82. The first kappa shape index (κ1) is 14.6. The van der Waals surface area contributed by atoms with Gasteiger partial charge in [0.25, 0.3) is 0 Å². The van der Waals surface area contributed by atoms with E-state index in [0.717, 1.165) is 24.6 Å². The van der Waals surface area contributed by atoms with Gasteiger partial charge in [-0.1, -0.05) is 0 Å². The molecule has 1 aliphatic heterocycles. The van der Waals surface area contributed by atoms with Crippen molar-refractivity contribution in [3.63, 3.8) is 0 Å². The van der Waals surface area contributed by atoms with Crippen molar-refractivity contribution in [1.82, 2.24) is 4.98 Å². The number of anilines is 2. The largest absolute Gasteiger partial charge is 0.481 e. The van der Waals surface area contributed by atoms with Crippen LogP contribution in [-0.4, -0.2) is 41.7 Å². The minimum Gasteiger partial charge on any atom is -0.481 e. The maximum absolute atomic E-state index is 10.7. The molecule has 2 rings (SSSR count). The van der Waals surface area contributed by atoms with Crippen LogP contribution in [0.2, 0.25) is 0 Å². The van der Waals surface area contributed by atoms with Crippen molar-refractivity contribution in [2.75, 3.05) is 29.4 Å². The van der Waals surface area contributed by atoms with E-state index in [1.165, 1.54) is 12.8 Å². The van der Waals surface area contributed by atoms with E-state index in [-0.39, 0.29) is 12.5 Å². The third-order valence-corrected chi connectivity index (χ3v) is 3.68. The molecule has 1 aromatic rings. The smallest absolute Gasteiger partial charge is 0.305 e. The van der Waals surface area contributed by atoms with Crippen molar-refractivity contribution < 1.29 is 9.90 Å². The molecule has 20 heavy (non-hydrogen) atoms. The molecule has 0 aliphatic carbocycles. The molecule has 5 heteroatoms. The Balaban J connectivity index is 2.06. The summed E-state index contributed by atoms with van der Waals surface area (Å²) in [6.07, 6.45) is 4.47. The fourth-order valence-corrected chi connectivity index (χ4v) is 2.58. The lowest BCUT2D eigenvalue weighted by molar-refractivity contribution is -0.136. The molecule has 0 radical (unpaired) electrons. The number of hydrogen-bond donors (Lipinski definition) is 1. The highest BCUT2D eigenvalue weighted by atomic mass is 16.4. The molecule has 0 saturated carbocycles. The van der Waals surface area contributed by atoms with Crippen LogP contribution in [0, 0.1) is 0 Å². The molecule has 0 unspecified atom stereocenters. The molecule has 110 valence electrons. The molecule has 0 spiro atoms. The summed E-state index contributed by atoms with van der Waals surface area (Å²) in [7, 11) is 0. The van der Waals surface area contributed by atoms with Crippen molar-refractivity contribution in [3.05, 3.63) is 18.3 Å². The number of aromatic nitrogens is 1. The van der Waals surface area contributed by atoms with E-state index >= 15 is 0 Å². The summed E-state index contributed by atoms with van der Waals surface area (Å²) in [5, 5.41) is 8.83. The molecule has 0 amide bonds. The first-order chi connectivity index (χ1) is 9.58. The molecule has 1 aliphatic rings. The van der Waals surface area contributed by atoms with Crippen LogP contribution in [0.25, 0.3) is 0 Å². The number of aliphatic carboxylic acids is 1. The van der Waals surface area contributed by atoms with Crippen LogP contribution < -0.4 is 9.80 Å². The van der Waals surface area contributed by atoms with Gasteiger partial charge in [0.1, 0.15) is 5.82 Å². The summed E-state index contributed by atoms with van der Waals surface area (Å²) in [4.78, 5) is 19.6. The van der Waals surface area contributed by atoms with Crippen LogP contribution in [0.15, 0.2) is 18.3 Å². The molecule has 1 aromatic heterocycles. The topological polar surface area (TPSA) is 56.7 Å². The lowest BCUT2D eigenvalue weighted by Crippen LogP contribution is -2.33. The van der Waals surface area contributed by atoms with E-state index in [0.29, 0.717) is 6.54 Å². The summed E-state index contributed by atoms with van der Waals surface area (Å²) in [6.45, 7) is 6.81. The molecule has 0 atom stereocenters. The van der Waals surface area contributed by atoms with Crippen molar-refractivity contribution in [1.29, 1.82) is 0 Å². The molecular formula is C15H23N3O2. The zero-order chi connectivity index (χ0) is 14.5. The Bertz CT molecular complexity index is 439. The summed E-state index contributed by atoms with van der Waals surface area (Å²) in [5.41, 5.74) is 0.990. The number of carbonyl (C=O) groups is 1. The minimum atomic E-state index is -0.766. The minimum absolute atomic E-state index is 0.145. The average molecular weight is 277 g/mol. The number of nitrogens with zero attached hydrogens (tertiary/aromatic N) is 3. The number of rotatable bonds is 6. The summed E-state index contributed by atoms with van der Waals surface area (Å²) in [5.74, 6) is 0.255. The highest BCUT2D eigenvalue weighted by Gasteiger charge is 2.16. The molecule has 1 fully saturated rings. The SMILES string of the molecule is CC(C)N(CCC(=O)O)c1ccc(N2CCCC2)nc1. The van der Waals surface area contributed by atoms with Crippen LogP contribution in [0.3, 0.4) is 0 Å². The molecule has 0 aromatic carbocycles. The Hall–Kier alpha value is -1.78. The highest BCUT2D eigenvalue weighted by Crippen LogP contribution is 2.22. The van der Waals surface area contributed by atoms with E-state index in [9.17, 15) is 4.79 Å². The predicted molar refractivity (Wildman–Crippen MR) is 80.4 cm³/mol. The molecule has 1 N–H and O–H groups in total. The number of carboxylic acid groups (broad SMARTS) is 1. The van der Waals surface area contributed by atoms with E-state index in [1.54, 1.807) is 0 Å². The van der Waals surface area contributed by atoms with Gasteiger partial charge in [-0.15, -0.1) is 0 Å². The van der Waals surface area contributed by atoms with E-state index in [2.05, 4.69) is 28.6 Å². The van der Waals surface area contributed by atoms with Gasteiger partial charge in [0, 0.05) is 25.7 Å². The van der Waals surface area contributed by atoms with Crippen LogP contribution in [0.1, 0.15) is 33.1 Å². The molecular weight excluding hydrogens is 254 g/mol. The maximum atomic E-state index is 10.7. The average Bonchev–Trinajstić information content (AvgIpc) is 2.93. The second-order valence-corrected chi connectivity index (χ2v) is 5.50. The normalized spacial score (nSPS) is 14.8. The van der Waals surface area contributed by atoms with Gasteiger partial charge in [0.05, 0.1) is 18.3 Å². The van der Waals surface area contributed by atoms with Crippen LogP contribution in [0.5, 0.6) is 0 Å². The van der Waals surface area contributed by atoms with Crippen molar-refractivity contribution in [2.24, 2.45) is 0 Å². The first-order valence-electron chi connectivity index (χ1n) is 7.27. The predicted octanol–water partition coefficient (Wildman–Crippen LogP) is 2.37. The van der Waals surface area contributed by atoms with Crippen molar-refractivity contribution in [2.45, 2.75) is 39.2 Å². The zero-order valence-electron chi connectivity index (χ0n) is 12.2. The van der Waals surface area contributed by atoms with Crippen LogP contribution in [0.4, 0.5) is 11.5 Å². The lowest BCUT2D eigenvalue weighted by Gasteiger charge is -2.28. The Morgan fingerprint density at radius 2 is 2.10 bits per heavy atom. The number of hydrogen-bond acceptors (Lipinski definition) is 4. The standard InChI is InChI=1S/C15H23N3O2/c1-12(2)18(10-7-15(19)20)13-5-6-14(16-11-13)17-8-3-4-9-17/h5-6,11-12H,3-4,7-10H2,1-2H3,(H,19,20). The fraction of sp³-hybridized carbons (Fsp3) is 0.600. The van der Waals surface area contributed by atoms with E-state index in [4.69, 9.17) is 5.11 Å². The van der Waals surface area contributed by atoms with Gasteiger partial charge in [-0.25, -0.2) is 4.98 Å². The monoisotopic (exact) mass is 277 g/mol. The van der Waals surface area contributed by atoms with Gasteiger partial charge in [-0.2, -0.15) is 0 Å². The summed E-state index contributed by atoms with van der Waals surface area (Å²) >= 11 is 0. The van der Waals surface area contributed by atoms with Gasteiger partial charge in [0.15, 0.2) is 0 Å². The lowest BCUT2D eigenvalue weighted by atomic mass is 10.2. The highest BCUT2D eigenvalue weighted by molar-refractivity contribution is 5.67. The second kappa shape index (κ2) is 6.59. The molecule has 5 nitrogen and oxygen atoms in total. The van der Waals surface area contributed by atoms with E-state index in [1.807, 2.05) is 18.3 Å². The zero-order valence-corrected chi connectivity index (χ0v) is 12.2. The summed E-state index contributed by atoms with van der Waals surface area (Å²) < 4.78 is 0. The molecule has 1 saturated heterocycles. The van der Waals surface area contributed by atoms with Crippen LogP contribution >= 0.6 is 0 Å².